The highest BCUT2D eigenvalue weighted by molar-refractivity contribution is 8.18. The number of benzene rings is 1. The largest absolute Gasteiger partial charge is 0.573 e. The molecule has 0 spiro atoms. The van der Waals surface area contributed by atoms with Crippen molar-refractivity contribution < 1.29 is 36.6 Å². The van der Waals surface area contributed by atoms with Crippen LogP contribution in [0.4, 0.5) is 17.6 Å². The molecule has 0 atom stereocenters. The Labute approximate surface area is 147 Å². The number of hydrogen-bond donors (Lipinski definition) is 1. The van der Waals surface area contributed by atoms with Crippen molar-refractivity contribution in [2.24, 2.45) is 10.2 Å². The first-order chi connectivity index (χ1) is 12.2. The van der Waals surface area contributed by atoms with Crippen LogP contribution in [0.2, 0.25) is 0 Å². The minimum atomic E-state index is -5.01. The van der Waals surface area contributed by atoms with E-state index in [0.717, 1.165) is 43.3 Å². The summed E-state index contributed by atoms with van der Waals surface area (Å²) in [5, 5.41) is 9.41. The number of alkyl halides is 3. The molecular formula is C14H9F4N3O4S. The van der Waals surface area contributed by atoms with Crippen LogP contribution in [0.1, 0.15) is 5.56 Å². The minimum Gasteiger partial charge on any atom is -0.466 e. The molecular weight excluding hydrogens is 382 g/mol. The van der Waals surface area contributed by atoms with Crippen LogP contribution in [0, 0.1) is 5.82 Å². The zero-order chi connectivity index (χ0) is 19.3. The van der Waals surface area contributed by atoms with Crippen molar-refractivity contribution in [3.63, 3.8) is 0 Å². The second kappa shape index (κ2) is 7.99. The quantitative estimate of drug-likeness (QED) is 0.280. The molecule has 12 heteroatoms. The molecule has 1 aromatic rings. The summed E-state index contributed by atoms with van der Waals surface area (Å²) in [4.78, 5) is 22.7. The molecule has 0 saturated carbocycles. The van der Waals surface area contributed by atoms with Crippen LogP contribution >= 0.6 is 11.8 Å². The molecule has 26 heavy (non-hydrogen) atoms. The van der Waals surface area contributed by atoms with Gasteiger partial charge in [-0.3, -0.25) is 10.1 Å². The summed E-state index contributed by atoms with van der Waals surface area (Å²) in [6, 6.07) is 2.48. The number of amidine groups is 1. The number of thioether (sulfide) groups is 1. The minimum absolute atomic E-state index is 0.00803. The number of carbonyl (C=O) groups is 2. The van der Waals surface area contributed by atoms with Gasteiger partial charge in [0, 0.05) is 17.7 Å². The lowest BCUT2D eigenvalue weighted by Gasteiger charge is -2.10. The molecule has 1 aliphatic heterocycles. The molecule has 1 saturated heterocycles. The van der Waals surface area contributed by atoms with Crippen LogP contribution < -0.4 is 10.1 Å². The molecule has 0 aromatic heterocycles. The van der Waals surface area contributed by atoms with E-state index in [4.69, 9.17) is 0 Å². The highest BCUT2D eigenvalue weighted by Crippen LogP contribution is 2.27. The van der Waals surface area contributed by atoms with Crippen molar-refractivity contribution in [1.29, 1.82) is 0 Å². The van der Waals surface area contributed by atoms with Crippen LogP contribution in [0.25, 0.3) is 0 Å². The number of ether oxygens (including phenoxy) is 2. The molecule has 1 fully saturated rings. The van der Waals surface area contributed by atoms with Crippen LogP contribution in [-0.2, 0) is 14.3 Å². The van der Waals surface area contributed by atoms with E-state index in [-0.39, 0.29) is 15.6 Å². The zero-order valence-electron chi connectivity index (χ0n) is 12.8. The number of rotatable bonds is 4. The maximum absolute atomic E-state index is 13.1. The summed E-state index contributed by atoms with van der Waals surface area (Å²) in [6.07, 6.45) is -3.17. The SMILES string of the molecule is COC(=O)/C=C1/S/C(=N\N=Cc2ccc(F)cc2OC(F)(F)F)NC1=O. The van der Waals surface area contributed by atoms with E-state index >= 15 is 0 Å². The topological polar surface area (TPSA) is 89.3 Å². The maximum atomic E-state index is 13.1. The van der Waals surface area contributed by atoms with Gasteiger partial charge in [-0.15, -0.1) is 18.3 Å². The summed E-state index contributed by atoms with van der Waals surface area (Å²) in [5.41, 5.74) is -0.187. The summed E-state index contributed by atoms with van der Waals surface area (Å²) in [6.45, 7) is 0. The number of esters is 1. The second-order valence-electron chi connectivity index (χ2n) is 4.47. The van der Waals surface area contributed by atoms with Crippen molar-refractivity contribution in [3.05, 3.63) is 40.6 Å². The van der Waals surface area contributed by atoms with Crippen molar-refractivity contribution in [2.45, 2.75) is 6.36 Å². The predicted octanol–water partition coefficient (Wildman–Crippen LogP) is 2.33. The van der Waals surface area contributed by atoms with E-state index in [9.17, 15) is 27.2 Å². The molecule has 0 radical (unpaired) electrons. The average Bonchev–Trinajstić information content (AvgIpc) is 2.87. The van der Waals surface area contributed by atoms with Gasteiger partial charge >= 0.3 is 12.3 Å². The number of carbonyl (C=O) groups excluding carboxylic acids is 2. The van der Waals surface area contributed by atoms with Crippen LogP contribution in [0.3, 0.4) is 0 Å². The Kier molecular flexibility index (Phi) is 5.97. The van der Waals surface area contributed by atoms with Gasteiger partial charge in [0.25, 0.3) is 5.91 Å². The van der Waals surface area contributed by atoms with Gasteiger partial charge in [0.05, 0.1) is 18.2 Å². The Morgan fingerprint density at radius 1 is 1.35 bits per heavy atom. The normalized spacial score (nSPS) is 17.8. The van der Waals surface area contributed by atoms with Crippen molar-refractivity contribution in [2.75, 3.05) is 7.11 Å². The highest BCUT2D eigenvalue weighted by Gasteiger charge is 2.32. The predicted molar refractivity (Wildman–Crippen MR) is 83.9 cm³/mol. The smallest absolute Gasteiger partial charge is 0.466 e. The highest BCUT2D eigenvalue weighted by atomic mass is 32.2. The van der Waals surface area contributed by atoms with E-state index in [2.05, 4.69) is 25.0 Å². The van der Waals surface area contributed by atoms with Crippen LogP contribution in [0.15, 0.2) is 39.4 Å². The van der Waals surface area contributed by atoms with E-state index in [1.54, 1.807) is 0 Å². The van der Waals surface area contributed by atoms with Gasteiger partial charge in [-0.1, -0.05) is 0 Å². The second-order valence-corrected chi connectivity index (χ2v) is 5.50. The Morgan fingerprint density at radius 3 is 2.73 bits per heavy atom. The Morgan fingerprint density at radius 2 is 2.08 bits per heavy atom. The van der Waals surface area contributed by atoms with E-state index < -0.39 is 29.8 Å². The van der Waals surface area contributed by atoms with E-state index in [1.165, 1.54) is 0 Å². The average molecular weight is 391 g/mol. The van der Waals surface area contributed by atoms with Gasteiger partial charge in [-0.2, -0.15) is 5.10 Å². The molecule has 0 unspecified atom stereocenters. The molecule has 0 bridgehead atoms. The van der Waals surface area contributed by atoms with Gasteiger partial charge in [-0.25, -0.2) is 9.18 Å². The molecule has 1 heterocycles. The lowest BCUT2D eigenvalue weighted by atomic mass is 10.2. The van der Waals surface area contributed by atoms with Gasteiger partial charge in [0.1, 0.15) is 11.6 Å². The summed E-state index contributed by atoms with van der Waals surface area (Å²) < 4.78 is 58.2. The molecule has 0 aliphatic carbocycles. The number of nitrogens with zero attached hydrogens (tertiary/aromatic N) is 2. The standard InChI is InChI=1S/C14H9F4N3O4S/c1-24-11(22)5-10-12(23)20-13(26-10)21-19-6-7-2-3-8(15)4-9(7)25-14(16,17)18/h2-6H,1H3,(H,20,21,23)/b10-5+,19-6?. The molecule has 2 rings (SSSR count). The first-order valence-electron chi connectivity index (χ1n) is 6.63. The third kappa shape index (κ3) is 5.58. The van der Waals surface area contributed by atoms with Gasteiger partial charge in [-0.05, 0) is 23.9 Å². The molecule has 1 N–H and O–H groups in total. The number of amides is 1. The fourth-order valence-electron chi connectivity index (χ4n) is 1.61. The first-order valence-corrected chi connectivity index (χ1v) is 7.45. The molecule has 1 aliphatic rings. The van der Waals surface area contributed by atoms with Gasteiger partial charge < -0.3 is 9.47 Å². The molecule has 1 amide bonds. The molecule has 1 aromatic carbocycles. The summed E-state index contributed by atoms with van der Waals surface area (Å²) >= 11 is 0.779. The first kappa shape index (κ1) is 19.4. The maximum Gasteiger partial charge on any atom is 0.573 e. The Balaban J connectivity index is 2.16. The van der Waals surface area contributed by atoms with Crippen LogP contribution in [0.5, 0.6) is 5.75 Å². The van der Waals surface area contributed by atoms with Crippen LogP contribution in [-0.4, -0.2) is 36.7 Å². The zero-order valence-corrected chi connectivity index (χ0v) is 13.7. The Hall–Kier alpha value is -2.89. The van der Waals surface area contributed by atoms with Gasteiger partial charge in [0.15, 0.2) is 5.17 Å². The van der Waals surface area contributed by atoms with E-state index in [0.29, 0.717) is 6.07 Å². The fourth-order valence-corrected chi connectivity index (χ4v) is 2.35. The third-order valence-corrected chi connectivity index (χ3v) is 3.55. The number of halogens is 4. The fraction of sp³-hybridized carbons (Fsp3) is 0.143. The van der Waals surface area contributed by atoms with Crippen molar-refractivity contribution >= 4 is 35.0 Å². The third-order valence-electron chi connectivity index (χ3n) is 2.65. The van der Waals surface area contributed by atoms with Crippen molar-refractivity contribution in [3.8, 4) is 5.75 Å². The lowest BCUT2D eigenvalue weighted by molar-refractivity contribution is -0.274. The number of methoxy groups -OCH3 is 1. The molecule has 138 valence electrons. The lowest BCUT2D eigenvalue weighted by Crippen LogP contribution is -2.19. The van der Waals surface area contributed by atoms with Gasteiger partial charge in [0.2, 0.25) is 0 Å². The molecule has 7 nitrogen and oxygen atoms in total. The number of hydrogen-bond acceptors (Lipinski definition) is 7. The monoisotopic (exact) mass is 391 g/mol. The Bertz CT molecular complexity index is 821. The van der Waals surface area contributed by atoms with E-state index in [1.807, 2.05) is 0 Å². The van der Waals surface area contributed by atoms with Crippen molar-refractivity contribution in [1.82, 2.24) is 5.32 Å². The summed E-state index contributed by atoms with van der Waals surface area (Å²) in [7, 11) is 1.14. The summed E-state index contributed by atoms with van der Waals surface area (Å²) in [5.74, 6) is -3.08. The number of nitrogens with one attached hydrogen (secondary N) is 1.